The number of benzene rings is 1. The van der Waals surface area contributed by atoms with Gasteiger partial charge in [-0.25, -0.2) is 0 Å². The monoisotopic (exact) mass is 228 g/mol. The van der Waals surface area contributed by atoms with Crippen LogP contribution in [0.1, 0.15) is 0 Å². The Morgan fingerprint density at radius 3 is 2.75 bits per heavy atom. The summed E-state index contributed by atoms with van der Waals surface area (Å²) in [6.07, 6.45) is 0. The summed E-state index contributed by atoms with van der Waals surface area (Å²) in [4.78, 5) is 0. The second-order valence-corrected chi connectivity index (χ2v) is 3.04. The van der Waals surface area contributed by atoms with E-state index in [1.807, 2.05) is 0 Å². The van der Waals surface area contributed by atoms with Crippen LogP contribution in [0.4, 0.5) is 5.69 Å². The molecular formula is C7H7BrN3O. The number of guanidine groups is 1. The van der Waals surface area contributed by atoms with E-state index in [1.165, 1.54) is 6.07 Å². The minimum atomic E-state index is -0.152. The van der Waals surface area contributed by atoms with Crippen molar-refractivity contribution in [3.8, 4) is 5.75 Å². The van der Waals surface area contributed by atoms with Gasteiger partial charge in [-0.2, -0.15) is 0 Å². The van der Waals surface area contributed by atoms with Crippen LogP contribution in [0.15, 0.2) is 22.7 Å². The second kappa shape index (κ2) is 3.44. The largest absolute Gasteiger partial charge is 0.370 e. The molecule has 0 aliphatic heterocycles. The number of hydrogen-bond donors (Lipinski definition) is 3. The molecule has 63 valence electrons. The maximum absolute atomic E-state index is 10.9. The van der Waals surface area contributed by atoms with E-state index in [0.29, 0.717) is 10.2 Å². The van der Waals surface area contributed by atoms with Crippen molar-refractivity contribution in [1.82, 2.24) is 0 Å². The fraction of sp³-hybridized carbons (Fsp3) is 0. The van der Waals surface area contributed by atoms with Crippen molar-refractivity contribution in [3.05, 3.63) is 22.7 Å². The summed E-state index contributed by atoms with van der Waals surface area (Å²) in [5.74, 6) is -0.246. The van der Waals surface area contributed by atoms with Crippen LogP contribution in [0.5, 0.6) is 5.75 Å². The topological polar surface area (TPSA) is 81.8 Å². The molecule has 0 spiro atoms. The van der Waals surface area contributed by atoms with Crippen molar-refractivity contribution in [3.63, 3.8) is 0 Å². The zero-order valence-corrected chi connectivity index (χ0v) is 7.68. The molecule has 5 heteroatoms. The van der Waals surface area contributed by atoms with E-state index in [1.54, 1.807) is 12.1 Å². The summed E-state index contributed by atoms with van der Waals surface area (Å²) in [6.45, 7) is 0. The van der Waals surface area contributed by atoms with Crippen molar-refractivity contribution in [2.75, 3.05) is 5.32 Å². The molecule has 4 nitrogen and oxygen atoms in total. The molecule has 0 unspecified atom stereocenters. The summed E-state index contributed by atoms with van der Waals surface area (Å²) >= 11 is 3.07. The minimum Gasteiger partial charge on any atom is -0.370 e. The molecule has 0 amide bonds. The molecule has 1 aromatic rings. The van der Waals surface area contributed by atoms with Gasteiger partial charge in [-0.05, 0) is 34.1 Å². The first kappa shape index (κ1) is 8.86. The lowest BCUT2D eigenvalue weighted by atomic mass is 10.3. The SMILES string of the molecule is N=C(N)Nc1ccc([O])c(Br)c1. The Labute approximate surface area is 78.0 Å². The van der Waals surface area contributed by atoms with Gasteiger partial charge in [0.2, 0.25) is 0 Å². The quantitative estimate of drug-likeness (QED) is 0.507. The van der Waals surface area contributed by atoms with Gasteiger partial charge in [0.15, 0.2) is 11.7 Å². The van der Waals surface area contributed by atoms with Gasteiger partial charge in [-0.15, -0.1) is 0 Å². The Morgan fingerprint density at radius 2 is 2.25 bits per heavy atom. The molecule has 0 atom stereocenters. The van der Waals surface area contributed by atoms with Crippen molar-refractivity contribution in [1.29, 1.82) is 5.41 Å². The normalized spacial score (nSPS) is 9.42. The Balaban J connectivity index is 2.89. The van der Waals surface area contributed by atoms with Gasteiger partial charge in [0.05, 0.1) is 4.47 Å². The third kappa shape index (κ3) is 2.13. The van der Waals surface area contributed by atoms with Gasteiger partial charge in [-0.1, -0.05) is 0 Å². The molecular weight excluding hydrogens is 222 g/mol. The van der Waals surface area contributed by atoms with Crippen molar-refractivity contribution < 1.29 is 5.11 Å². The Hall–Kier alpha value is -1.23. The Bertz CT molecular complexity index is 314. The highest BCUT2D eigenvalue weighted by molar-refractivity contribution is 9.10. The van der Waals surface area contributed by atoms with Gasteiger partial charge < -0.3 is 11.1 Å². The van der Waals surface area contributed by atoms with Gasteiger partial charge >= 0.3 is 0 Å². The predicted octanol–water partition coefficient (Wildman–Crippen LogP) is 1.90. The standard InChI is InChI=1S/C7H7BrN3O/c8-5-3-4(11-7(9)10)1-2-6(5)12/h1-3H,(H4,9,10,11). The van der Waals surface area contributed by atoms with Crippen LogP contribution in [0.2, 0.25) is 0 Å². The lowest BCUT2D eigenvalue weighted by Gasteiger charge is -2.03. The van der Waals surface area contributed by atoms with Crippen LogP contribution in [0.25, 0.3) is 0 Å². The molecule has 0 aliphatic rings. The fourth-order valence-electron chi connectivity index (χ4n) is 0.734. The van der Waals surface area contributed by atoms with E-state index < -0.39 is 0 Å². The second-order valence-electron chi connectivity index (χ2n) is 2.18. The molecule has 0 saturated carbocycles. The number of halogens is 1. The van der Waals surface area contributed by atoms with E-state index in [0.717, 1.165) is 0 Å². The molecule has 0 bridgehead atoms. The minimum absolute atomic E-state index is 0.0934. The molecule has 12 heavy (non-hydrogen) atoms. The number of anilines is 1. The lowest BCUT2D eigenvalue weighted by molar-refractivity contribution is 0.352. The molecule has 0 saturated heterocycles. The molecule has 0 heterocycles. The maximum atomic E-state index is 10.9. The Kier molecular flexibility index (Phi) is 2.54. The molecule has 1 aromatic carbocycles. The average molecular weight is 229 g/mol. The predicted molar refractivity (Wildman–Crippen MR) is 49.8 cm³/mol. The van der Waals surface area contributed by atoms with Crippen LogP contribution in [-0.2, 0) is 5.11 Å². The highest BCUT2D eigenvalue weighted by atomic mass is 79.9. The van der Waals surface area contributed by atoms with Gasteiger partial charge in [0.25, 0.3) is 0 Å². The molecule has 1 radical (unpaired) electrons. The summed E-state index contributed by atoms with van der Waals surface area (Å²) < 4.78 is 0.453. The van der Waals surface area contributed by atoms with Crippen molar-refractivity contribution in [2.24, 2.45) is 5.73 Å². The summed E-state index contributed by atoms with van der Waals surface area (Å²) in [5, 5.41) is 20.4. The first-order valence-electron chi connectivity index (χ1n) is 3.17. The zero-order valence-electron chi connectivity index (χ0n) is 6.10. The van der Waals surface area contributed by atoms with Crippen LogP contribution < -0.4 is 11.1 Å². The van der Waals surface area contributed by atoms with Gasteiger partial charge in [0, 0.05) is 5.69 Å². The molecule has 0 aliphatic carbocycles. The molecule has 1 rings (SSSR count). The van der Waals surface area contributed by atoms with Gasteiger partial charge in [-0.3, -0.25) is 10.5 Å². The zero-order chi connectivity index (χ0) is 9.14. The highest BCUT2D eigenvalue weighted by Crippen LogP contribution is 2.26. The first-order chi connectivity index (χ1) is 5.59. The number of nitrogens with two attached hydrogens (primary N) is 1. The highest BCUT2D eigenvalue weighted by Gasteiger charge is 2.00. The average Bonchev–Trinajstić information content (AvgIpc) is 1.96. The smallest absolute Gasteiger partial charge is 0.192 e. The van der Waals surface area contributed by atoms with Crippen LogP contribution >= 0.6 is 15.9 Å². The van der Waals surface area contributed by atoms with Crippen molar-refractivity contribution >= 4 is 27.6 Å². The van der Waals surface area contributed by atoms with E-state index in [4.69, 9.17) is 11.1 Å². The van der Waals surface area contributed by atoms with Crippen LogP contribution in [0.3, 0.4) is 0 Å². The van der Waals surface area contributed by atoms with Crippen LogP contribution in [-0.4, -0.2) is 5.96 Å². The van der Waals surface area contributed by atoms with Gasteiger partial charge in [0.1, 0.15) is 0 Å². The third-order valence-corrected chi connectivity index (χ3v) is 1.83. The van der Waals surface area contributed by atoms with E-state index in [2.05, 4.69) is 21.2 Å². The molecule has 0 fully saturated rings. The van der Waals surface area contributed by atoms with E-state index >= 15 is 0 Å². The van der Waals surface area contributed by atoms with Crippen LogP contribution in [0, 0.1) is 5.41 Å². The number of nitrogens with one attached hydrogen (secondary N) is 2. The summed E-state index contributed by atoms with van der Waals surface area (Å²) in [6, 6.07) is 4.54. The fourth-order valence-corrected chi connectivity index (χ4v) is 1.11. The molecule has 0 aromatic heterocycles. The van der Waals surface area contributed by atoms with Crippen molar-refractivity contribution in [2.45, 2.75) is 0 Å². The molecule has 4 N–H and O–H groups in total. The summed E-state index contributed by atoms with van der Waals surface area (Å²) in [7, 11) is 0. The van der Waals surface area contributed by atoms with E-state index in [-0.39, 0.29) is 11.7 Å². The maximum Gasteiger partial charge on any atom is 0.192 e. The number of rotatable bonds is 1. The summed E-state index contributed by atoms with van der Waals surface area (Å²) in [5.41, 5.74) is 5.71. The Morgan fingerprint density at radius 1 is 1.58 bits per heavy atom. The first-order valence-corrected chi connectivity index (χ1v) is 3.96. The number of hydrogen-bond acceptors (Lipinski definition) is 1. The third-order valence-electron chi connectivity index (χ3n) is 1.21. The lowest BCUT2D eigenvalue weighted by Crippen LogP contribution is -2.20. The van der Waals surface area contributed by atoms with E-state index in [9.17, 15) is 5.11 Å².